The molecule has 6 nitrogen and oxygen atoms in total. The summed E-state index contributed by atoms with van der Waals surface area (Å²) in [6.45, 7) is 12.1. The summed E-state index contributed by atoms with van der Waals surface area (Å²) in [5, 5.41) is 13.9. The monoisotopic (exact) mass is 349 g/mol. The van der Waals surface area contributed by atoms with Crippen molar-refractivity contribution in [3.8, 4) is 0 Å². The zero-order valence-electron chi connectivity index (χ0n) is 14.3. The molecule has 7 heteroatoms. The summed E-state index contributed by atoms with van der Waals surface area (Å²) in [5.41, 5.74) is 6.06. The van der Waals surface area contributed by atoms with E-state index in [2.05, 4.69) is 33.5 Å². The van der Waals surface area contributed by atoms with Crippen molar-refractivity contribution in [2.24, 2.45) is 0 Å². The van der Waals surface area contributed by atoms with Crippen molar-refractivity contribution in [3.63, 3.8) is 0 Å². The molecule has 0 unspecified atom stereocenters. The van der Waals surface area contributed by atoms with Crippen LogP contribution < -0.4 is 0 Å². The Bertz CT molecular complexity index is 716. The first-order valence-corrected chi connectivity index (χ1v) is 7.34. The number of nitrogens with zero attached hydrogens (tertiary/aromatic N) is 6. The van der Waals surface area contributed by atoms with Gasteiger partial charge >= 0.3 is 0 Å². The van der Waals surface area contributed by atoms with Gasteiger partial charge in [0.05, 0.1) is 0 Å². The second kappa shape index (κ2) is 6.27. The number of rotatable bonds is 3. The molecule has 0 aromatic carbocycles. The summed E-state index contributed by atoms with van der Waals surface area (Å²) in [6, 6.07) is 6.16. The Morgan fingerprint density at radius 3 is 1.04 bits per heavy atom. The maximum atomic E-state index is 4.62. The average molecular weight is 349 g/mol. The molecule has 23 heavy (non-hydrogen) atoms. The smallest absolute Gasteiger partial charge is 0.161 e. The Morgan fingerprint density at radius 1 is 0.609 bits per heavy atom. The Hall–Kier alpha value is -1.97. The van der Waals surface area contributed by atoms with Gasteiger partial charge in [-0.15, -0.1) is 0 Å². The van der Waals surface area contributed by atoms with Crippen LogP contribution in [0.25, 0.3) is 0 Å². The molecule has 0 radical (unpaired) electrons. The number of hydrogen-bond acceptors (Lipinski definition) is 3. The van der Waals surface area contributed by atoms with Crippen LogP contribution >= 0.6 is 0 Å². The first-order valence-electron chi connectivity index (χ1n) is 7.34. The van der Waals surface area contributed by atoms with Crippen LogP contribution in [0.1, 0.15) is 34.2 Å². The molecule has 0 saturated heterocycles. The predicted molar refractivity (Wildman–Crippen MR) is 84.5 cm³/mol. The third kappa shape index (κ3) is 3.07. The number of aryl methyl sites for hydroxylation is 6. The molecule has 0 atom stereocenters. The van der Waals surface area contributed by atoms with E-state index < -0.39 is 0 Å². The van der Waals surface area contributed by atoms with Gasteiger partial charge in [0.1, 0.15) is 0 Å². The van der Waals surface area contributed by atoms with Crippen molar-refractivity contribution in [2.45, 2.75) is 41.5 Å². The zero-order valence-corrected chi connectivity index (χ0v) is 15.6. The number of hydrogen-bond donors (Lipinski definition) is 0. The minimum absolute atomic E-state index is 0. The van der Waals surface area contributed by atoms with E-state index in [1.165, 1.54) is 0 Å². The molecular weight excluding hydrogens is 328 g/mol. The molecule has 0 fully saturated rings. The van der Waals surface area contributed by atoms with Crippen LogP contribution in [0.4, 0.5) is 0 Å². The van der Waals surface area contributed by atoms with Crippen molar-refractivity contribution in [1.82, 2.24) is 29.3 Å². The Labute approximate surface area is 147 Å². The van der Waals surface area contributed by atoms with Gasteiger partial charge in [-0.3, -0.25) is 14.0 Å². The molecule has 3 aromatic rings. The first kappa shape index (κ1) is 17.4. The van der Waals surface area contributed by atoms with E-state index in [1.54, 1.807) is 0 Å². The van der Waals surface area contributed by atoms with Gasteiger partial charge in [-0.2, -0.15) is 15.3 Å². The van der Waals surface area contributed by atoms with Gasteiger partial charge in [0.2, 0.25) is 0 Å². The molecular formula is C16H21CrN6-. The molecule has 0 aliphatic heterocycles. The molecule has 3 heterocycles. The predicted octanol–water partition coefficient (Wildman–Crippen LogP) is 2.52. The van der Waals surface area contributed by atoms with E-state index in [1.807, 2.05) is 55.6 Å². The molecule has 0 aliphatic carbocycles. The quantitative estimate of drug-likeness (QED) is 0.683. The minimum Gasteiger partial charge on any atom is -0.283 e. The molecule has 0 aliphatic rings. The van der Waals surface area contributed by atoms with E-state index in [-0.39, 0.29) is 17.4 Å². The largest absolute Gasteiger partial charge is 0.283 e. The summed E-state index contributed by atoms with van der Waals surface area (Å²) >= 11 is 0. The van der Waals surface area contributed by atoms with Crippen LogP contribution in [0.5, 0.6) is 0 Å². The van der Waals surface area contributed by atoms with Gasteiger partial charge in [0, 0.05) is 34.4 Å². The van der Waals surface area contributed by atoms with Crippen molar-refractivity contribution >= 4 is 0 Å². The standard InChI is InChI=1S/C16H21N6.Cr/c1-10-7-13(4)20(17-10)16(21-14(5)8-11(2)18-21)22-15(6)9-12(3)19-22;/h7-9H,1-6H3;/q-1;. The van der Waals surface area contributed by atoms with Crippen LogP contribution in [0.3, 0.4) is 0 Å². The Kier molecular flexibility index (Phi) is 4.74. The maximum Gasteiger partial charge on any atom is 0.161 e. The second-order valence-corrected chi connectivity index (χ2v) is 5.82. The van der Waals surface area contributed by atoms with Gasteiger partial charge in [-0.05, 0) is 37.9 Å². The fourth-order valence-electron chi connectivity index (χ4n) is 2.76. The molecule has 0 saturated carbocycles. The van der Waals surface area contributed by atoms with Gasteiger partial charge in [0.25, 0.3) is 0 Å². The van der Waals surface area contributed by atoms with Gasteiger partial charge in [0.15, 0.2) is 6.29 Å². The summed E-state index contributed by atoms with van der Waals surface area (Å²) in [5.74, 6) is 0. The fraction of sp³-hybridized carbons (Fsp3) is 0.375. The normalized spacial score (nSPS) is 10.7. The van der Waals surface area contributed by atoms with Gasteiger partial charge in [-0.25, -0.2) is 0 Å². The molecule has 122 valence electrons. The van der Waals surface area contributed by atoms with Gasteiger partial charge in [-0.1, -0.05) is 39.0 Å². The molecule has 0 bridgehead atoms. The SMILES string of the molecule is Cc1cc(C)n([C-](n2nc(C)cc2C)n2nc(C)cc2C)n1.[Cr]. The van der Waals surface area contributed by atoms with Crippen LogP contribution in [0, 0.1) is 47.8 Å². The van der Waals surface area contributed by atoms with E-state index in [0.29, 0.717) is 0 Å². The zero-order chi connectivity index (χ0) is 16.0. The van der Waals surface area contributed by atoms with Crippen molar-refractivity contribution in [1.29, 1.82) is 0 Å². The molecule has 0 N–H and O–H groups in total. The van der Waals surface area contributed by atoms with E-state index >= 15 is 0 Å². The molecule has 0 spiro atoms. The molecule has 3 aromatic heterocycles. The van der Waals surface area contributed by atoms with E-state index in [4.69, 9.17) is 0 Å². The Morgan fingerprint density at radius 2 is 0.870 bits per heavy atom. The molecule has 3 rings (SSSR count). The summed E-state index contributed by atoms with van der Waals surface area (Å²) in [6.07, 6.45) is 0.807. The third-order valence-corrected chi connectivity index (χ3v) is 3.60. The van der Waals surface area contributed by atoms with Crippen LogP contribution in [-0.4, -0.2) is 29.3 Å². The first-order chi connectivity index (χ1) is 10.4. The van der Waals surface area contributed by atoms with Crippen LogP contribution in [0.15, 0.2) is 18.2 Å². The fourth-order valence-corrected chi connectivity index (χ4v) is 2.76. The maximum absolute atomic E-state index is 4.62. The topological polar surface area (TPSA) is 53.5 Å². The second-order valence-electron chi connectivity index (χ2n) is 5.82. The van der Waals surface area contributed by atoms with Crippen molar-refractivity contribution in [3.05, 3.63) is 58.7 Å². The summed E-state index contributed by atoms with van der Waals surface area (Å²) < 4.78 is 5.69. The third-order valence-electron chi connectivity index (χ3n) is 3.60. The molecule has 0 amide bonds. The van der Waals surface area contributed by atoms with Crippen molar-refractivity contribution < 1.29 is 17.4 Å². The summed E-state index contributed by atoms with van der Waals surface area (Å²) in [4.78, 5) is 0. The van der Waals surface area contributed by atoms with E-state index in [0.717, 1.165) is 40.5 Å². The average Bonchev–Trinajstić information content (AvgIpc) is 3.02. The van der Waals surface area contributed by atoms with E-state index in [9.17, 15) is 0 Å². The van der Waals surface area contributed by atoms with Crippen LogP contribution in [0.2, 0.25) is 0 Å². The summed E-state index contributed by atoms with van der Waals surface area (Å²) in [7, 11) is 0. The Balaban J connectivity index is 0.00000192. The minimum atomic E-state index is 0. The van der Waals surface area contributed by atoms with Crippen molar-refractivity contribution in [2.75, 3.05) is 0 Å². The van der Waals surface area contributed by atoms with Crippen LogP contribution in [-0.2, 0) is 17.4 Å². The number of aromatic nitrogens is 6. The van der Waals surface area contributed by atoms with Gasteiger partial charge < -0.3 is 0 Å².